The lowest BCUT2D eigenvalue weighted by Crippen LogP contribution is -2.50. The van der Waals surface area contributed by atoms with Crippen LogP contribution >= 0.6 is 0 Å². The average molecular weight is 505 g/mol. The zero-order valence-corrected chi connectivity index (χ0v) is 20.8. The van der Waals surface area contributed by atoms with Crippen molar-refractivity contribution in [3.8, 4) is 17.0 Å². The predicted molar refractivity (Wildman–Crippen MR) is 139 cm³/mol. The number of aromatic nitrogens is 1. The number of aliphatic hydroxyl groups is 1. The number of hydrogen-bond acceptors (Lipinski definition) is 6. The lowest BCUT2D eigenvalue weighted by Gasteiger charge is -2.37. The molecule has 3 heterocycles. The van der Waals surface area contributed by atoms with Crippen molar-refractivity contribution in [1.29, 1.82) is 0 Å². The summed E-state index contributed by atoms with van der Waals surface area (Å²) in [5.41, 5.74) is 7.23. The molecule has 8 nitrogen and oxygen atoms in total. The molecule has 2 fully saturated rings. The van der Waals surface area contributed by atoms with Gasteiger partial charge in [0.05, 0.1) is 26.5 Å². The highest BCUT2D eigenvalue weighted by Crippen LogP contribution is 2.38. The van der Waals surface area contributed by atoms with Gasteiger partial charge >= 0.3 is 0 Å². The van der Waals surface area contributed by atoms with E-state index in [1.54, 1.807) is 12.1 Å². The Hall–Kier alpha value is -4.16. The van der Waals surface area contributed by atoms with Gasteiger partial charge in [-0.05, 0) is 50.0 Å². The van der Waals surface area contributed by atoms with Gasteiger partial charge in [-0.15, -0.1) is 0 Å². The van der Waals surface area contributed by atoms with E-state index in [9.17, 15) is 14.3 Å². The van der Waals surface area contributed by atoms with Crippen LogP contribution in [0.15, 0.2) is 54.5 Å². The molecule has 0 radical (unpaired) electrons. The third-order valence-electron chi connectivity index (χ3n) is 6.87. The minimum absolute atomic E-state index is 0.0564. The second-order valence-electron chi connectivity index (χ2n) is 9.07. The Kier molecular flexibility index (Phi) is 7.60. The SMILES string of the molecule is [C-]#[N+]c1ccc(-c2nc(C(=O)N3C4CCC3CC(N)C4)cc(OC)c2/C=C/C(O)=C(\C=C)OC)cc1F. The van der Waals surface area contributed by atoms with Crippen LogP contribution in [0.5, 0.6) is 5.75 Å². The molecular formula is C28H29FN4O4. The second-order valence-corrected chi connectivity index (χ2v) is 9.07. The standard InChI is InChI=1S/C28H29FN4O4/c1-5-25(36-3)24(34)11-9-20-26(37-4)15-23(28(35)33-18-7-8-19(33)14-17(30)13-18)32-27(20)16-6-10-22(31-2)21(29)12-16/h5-6,9-12,15,17-19,34H,1,7-8,13-14,30H2,3-4H3/b11-9+,25-24-. The van der Waals surface area contributed by atoms with E-state index >= 15 is 0 Å². The molecule has 192 valence electrons. The van der Waals surface area contributed by atoms with E-state index < -0.39 is 5.82 Å². The van der Waals surface area contributed by atoms with Crippen molar-refractivity contribution in [2.24, 2.45) is 5.73 Å². The molecule has 2 saturated heterocycles. The number of ether oxygens (including phenoxy) is 2. The van der Waals surface area contributed by atoms with Crippen molar-refractivity contribution in [3.05, 3.63) is 83.0 Å². The zero-order chi connectivity index (χ0) is 26.7. The van der Waals surface area contributed by atoms with Crippen molar-refractivity contribution in [1.82, 2.24) is 9.88 Å². The Bertz CT molecular complexity index is 1320. The Labute approximate surface area is 215 Å². The number of amides is 1. The molecule has 4 rings (SSSR count). The summed E-state index contributed by atoms with van der Waals surface area (Å²) in [7, 11) is 2.86. The lowest BCUT2D eigenvalue weighted by atomic mass is 9.97. The maximum absolute atomic E-state index is 14.6. The molecule has 1 aromatic carbocycles. The number of methoxy groups -OCH3 is 2. The molecule has 2 aliphatic heterocycles. The molecule has 9 heteroatoms. The third kappa shape index (κ3) is 5.06. The number of nitrogens with two attached hydrogens (primary N) is 1. The van der Waals surface area contributed by atoms with Gasteiger partial charge in [0.1, 0.15) is 17.3 Å². The van der Waals surface area contributed by atoms with E-state index in [-0.39, 0.29) is 52.6 Å². The average Bonchev–Trinajstić information content (AvgIpc) is 3.17. The highest BCUT2D eigenvalue weighted by molar-refractivity contribution is 5.95. The molecule has 2 aromatic rings. The van der Waals surface area contributed by atoms with E-state index in [1.165, 1.54) is 44.6 Å². The number of pyridine rings is 1. The molecule has 0 saturated carbocycles. The first-order chi connectivity index (χ1) is 17.8. The van der Waals surface area contributed by atoms with Crippen LogP contribution in [0.1, 0.15) is 41.7 Å². The van der Waals surface area contributed by atoms with Gasteiger partial charge in [-0.2, -0.15) is 0 Å². The van der Waals surface area contributed by atoms with Crippen molar-refractivity contribution in [3.63, 3.8) is 0 Å². The fourth-order valence-corrected chi connectivity index (χ4v) is 5.16. The van der Waals surface area contributed by atoms with Crippen molar-refractivity contribution < 1.29 is 23.8 Å². The van der Waals surface area contributed by atoms with Gasteiger partial charge in [0.25, 0.3) is 5.91 Å². The molecule has 0 spiro atoms. The molecular weight excluding hydrogens is 475 g/mol. The Balaban J connectivity index is 1.86. The highest BCUT2D eigenvalue weighted by atomic mass is 19.1. The van der Waals surface area contributed by atoms with Gasteiger partial charge in [0.15, 0.2) is 11.5 Å². The molecule has 1 amide bonds. The number of aliphatic hydroxyl groups excluding tert-OH is 1. The van der Waals surface area contributed by atoms with Crippen LogP contribution in [0.25, 0.3) is 22.2 Å². The largest absolute Gasteiger partial charge is 0.504 e. The third-order valence-corrected chi connectivity index (χ3v) is 6.87. The molecule has 2 atom stereocenters. The normalized spacial score (nSPS) is 21.4. The van der Waals surface area contributed by atoms with Gasteiger partial charge in [-0.25, -0.2) is 14.2 Å². The number of hydrogen-bond donors (Lipinski definition) is 2. The summed E-state index contributed by atoms with van der Waals surface area (Å²) < 4.78 is 25.3. The molecule has 2 bridgehead atoms. The Morgan fingerprint density at radius 2 is 2.00 bits per heavy atom. The molecule has 1 aromatic heterocycles. The Morgan fingerprint density at radius 1 is 1.30 bits per heavy atom. The smallest absolute Gasteiger partial charge is 0.273 e. The number of benzene rings is 1. The second kappa shape index (κ2) is 10.8. The number of piperidine rings is 1. The van der Waals surface area contributed by atoms with Crippen LogP contribution in [0.3, 0.4) is 0 Å². The van der Waals surface area contributed by atoms with Crippen LogP contribution in [0.4, 0.5) is 10.1 Å². The van der Waals surface area contributed by atoms with Crippen molar-refractivity contribution in [2.75, 3.05) is 14.2 Å². The topological polar surface area (TPSA) is 102 Å². The van der Waals surface area contributed by atoms with Crippen LogP contribution < -0.4 is 10.5 Å². The molecule has 2 aliphatic rings. The summed E-state index contributed by atoms with van der Waals surface area (Å²) in [6.45, 7) is 10.7. The van der Waals surface area contributed by atoms with Gasteiger partial charge < -0.3 is 25.2 Å². The van der Waals surface area contributed by atoms with E-state index in [2.05, 4.69) is 16.4 Å². The van der Waals surface area contributed by atoms with E-state index in [0.29, 0.717) is 16.9 Å². The van der Waals surface area contributed by atoms with Crippen molar-refractivity contribution >= 4 is 17.7 Å². The lowest BCUT2D eigenvalue weighted by molar-refractivity contribution is 0.0568. The van der Waals surface area contributed by atoms with E-state index in [4.69, 9.17) is 21.8 Å². The van der Waals surface area contributed by atoms with Gasteiger partial charge in [-0.3, -0.25) is 4.79 Å². The van der Waals surface area contributed by atoms with Crippen LogP contribution in [-0.2, 0) is 4.74 Å². The van der Waals surface area contributed by atoms with Crippen molar-refractivity contribution in [2.45, 2.75) is 43.8 Å². The van der Waals surface area contributed by atoms with Crippen LogP contribution in [-0.4, -0.2) is 53.2 Å². The first-order valence-electron chi connectivity index (χ1n) is 11.9. The Morgan fingerprint density at radius 3 is 2.57 bits per heavy atom. The minimum atomic E-state index is -0.709. The number of nitrogens with zero attached hydrogens (tertiary/aromatic N) is 3. The maximum atomic E-state index is 14.6. The number of halogens is 1. The van der Waals surface area contributed by atoms with Gasteiger partial charge in [0.2, 0.25) is 5.69 Å². The van der Waals surface area contributed by atoms with Gasteiger partial charge in [0, 0.05) is 35.3 Å². The van der Waals surface area contributed by atoms with Crippen LogP contribution in [0, 0.1) is 12.4 Å². The molecule has 3 N–H and O–H groups in total. The zero-order valence-electron chi connectivity index (χ0n) is 20.8. The number of carbonyl (C=O) groups is 1. The van der Waals surface area contributed by atoms with E-state index in [1.807, 2.05) is 4.90 Å². The number of allylic oxidation sites excluding steroid dienone is 2. The first-order valence-corrected chi connectivity index (χ1v) is 11.9. The summed E-state index contributed by atoms with van der Waals surface area (Å²) in [6, 6.07) is 5.86. The van der Waals surface area contributed by atoms with E-state index in [0.717, 1.165) is 25.7 Å². The fourth-order valence-electron chi connectivity index (χ4n) is 5.16. The van der Waals surface area contributed by atoms with Gasteiger partial charge in [-0.1, -0.05) is 18.7 Å². The minimum Gasteiger partial charge on any atom is -0.504 e. The number of fused-ring (bicyclic) bond motifs is 2. The first kappa shape index (κ1) is 25.9. The molecule has 0 aliphatic carbocycles. The number of rotatable bonds is 7. The maximum Gasteiger partial charge on any atom is 0.273 e. The monoisotopic (exact) mass is 504 g/mol. The summed E-state index contributed by atoms with van der Waals surface area (Å²) in [6.07, 6.45) is 7.55. The molecule has 2 unspecified atom stereocenters. The highest BCUT2D eigenvalue weighted by Gasteiger charge is 2.43. The number of carbonyl (C=O) groups excluding carboxylic acids is 1. The summed E-state index contributed by atoms with van der Waals surface area (Å²) in [5, 5.41) is 10.4. The quantitative estimate of drug-likeness (QED) is 0.307. The predicted octanol–water partition coefficient (Wildman–Crippen LogP) is 5.16. The summed E-state index contributed by atoms with van der Waals surface area (Å²) in [4.78, 5) is 23.4. The molecule has 37 heavy (non-hydrogen) atoms. The summed E-state index contributed by atoms with van der Waals surface area (Å²) in [5.74, 6) is -0.669. The fraction of sp³-hybridized carbons (Fsp3) is 0.321. The van der Waals surface area contributed by atoms with Crippen LogP contribution in [0.2, 0.25) is 0 Å². The summed E-state index contributed by atoms with van der Waals surface area (Å²) >= 11 is 0.